The minimum atomic E-state index is -4.47. The number of hydrogen-bond acceptors (Lipinski definition) is 3. The molecule has 1 atom stereocenters. The van der Waals surface area contributed by atoms with Crippen LogP contribution in [-0.2, 0) is 11.0 Å². The van der Waals surface area contributed by atoms with E-state index in [1.54, 1.807) is 12.1 Å². The standard InChI is InChI=1S/C17H17F3N2O2/c18-17(19,20)13-6-4-5-12(9-13)15(23)10-22-16(24)11-21-14-7-2-1-3-8-14/h1-9,15,21,23H,10-11H2,(H,22,24). The van der Waals surface area contributed by atoms with Crippen molar-refractivity contribution in [3.8, 4) is 0 Å². The molecule has 128 valence electrons. The summed E-state index contributed by atoms with van der Waals surface area (Å²) in [5.74, 6) is -0.370. The van der Waals surface area contributed by atoms with Gasteiger partial charge in [-0.25, -0.2) is 0 Å². The van der Waals surface area contributed by atoms with Crippen LogP contribution in [0, 0.1) is 0 Å². The van der Waals surface area contributed by atoms with Gasteiger partial charge in [-0.2, -0.15) is 13.2 Å². The Labute approximate surface area is 137 Å². The summed E-state index contributed by atoms with van der Waals surface area (Å²) in [4.78, 5) is 11.7. The number of benzene rings is 2. The highest BCUT2D eigenvalue weighted by Crippen LogP contribution is 2.30. The van der Waals surface area contributed by atoms with E-state index in [0.29, 0.717) is 0 Å². The number of nitrogens with one attached hydrogen (secondary N) is 2. The van der Waals surface area contributed by atoms with Gasteiger partial charge in [-0.05, 0) is 29.8 Å². The molecular formula is C17H17F3N2O2. The number of aliphatic hydroxyl groups is 1. The molecule has 2 rings (SSSR count). The second-order valence-corrected chi connectivity index (χ2v) is 5.16. The largest absolute Gasteiger partial charge is 0.416 e. The molecule has 1 unspecified atom stereocenters. The Morgan fingerprint density at radius 3 is 2.46 bits per heavy atom. The number of rotatable bonds is 6. The first-order valence-corrected chi connectivity index (χ1v) is 7.27. The van der Waals surface area contributed by atoms with Crippen molar-refractivity contribution in [3.63, 3.8) is 0 Å². The van der Waals surface area contributed by atoms with E-state index in [0.717, 1.165) is 17.8 Å². The van der Waals surface area contributed by atoms with Crippen LogP contribution in [0.3, 0.4) is 0 Å². The Morgan fingerprint density at radius 1 is 1.08 bits per heavy atom. The van der Waals surface area contributed by atoms with Crippen molar-refractivity contribution in [2.75, 3.05) is 18.4 Å². The van der Waals surface area contributed by atoms with Gasteiger partial charge >= 0.3 is 6.18 Å². The fraction of sp³-hybridized carbons (Fsp3) is 0.235. The van der Waals surface area contributed by atoms with Gasteiger partial charge in [0.15, 0.2) is 0 Å². The molecule has 0 spiro atoms. The molecule has 0 radical (unpaired) electrons. The van der Waals surface area contributed by atoms with Crippen LogP contribution in [0.2, 0.25) is 0 Å². The van der Waals surface area contributed by atoms with E-state index in [9.17, 15) is 23.1 Å². The smallest absolute Gasteiger partial charge is 0.387 e. The molecule has 1 amide bonds. The highest BCUT2D eigenvalue weighted by atomic mass is 19.4. The molecule has 0 aliphatic rings. The number of halogens is 3. The number of amides is 1. The fourth-order valence-electron chi connectivity index (χ4n) is 2.05. The van der Waals surface area contributed by atoms with Crippen molar-refractivity contribution in [1.29, 1.82) is 0 Å². The van der Waals surface area contributed by atoms with E-state index < -0.39 is 17.8 Å². The van der Waals surface area contributed by atoms with Crippen LogP contribution < -0.4 is 10.6 Å². The summed E-state index contributed by atoms with van der Waals surface area (Å²) < 4.78 is 37.9. The third kappa shape index (κ3) is 5.27. The van der Waals surface area contributed by atoms with Crippen LogP contribution in [0.25, 0.3) is 0 Å². The molecule has 0 bridgehead atoms. The van der Waals surface area contributed by atoms with Gasteiger partial charge in [0.25, 0.3) is 0 Å². The third-order valence-corrected chi connectivity index (χ3v) is 3.32. The topological polar surface area (TPSA) is 61.4 Å². The molecule has 4 nitrogen and oxygen atoms in total. The van der Waals surface area contributed by atoms with E-state index in [1.807, 2.05) is 18.2 Å². The van der Waals surface area contributed by atoms with Gasteiger partial charge in [-0.15, -0.1) is 0 Å². The second kappa shape index (κ2) is 7.83. The van der Waals surface area contributed by atoms with Crippen LogP contribution in [-0.4, -0.2) is 24.1 Å². The molecule has 0 aliphatic heterocycles. The van der Waals surface area contributed by atoms with Crippen LogP contribution in [0.5, 0.6) is 0 Å². The molecule has 7 heteroatoms. The molecule has 3 N–H and O–H groups in total. The van der Waals surface area contributed by atoms with Crippen LogP contribution >= 0.6 is 0 Å². The van der Waals surface area contributed by atoms with Crippen molar-refractivity contribution in [3.05, 3.63) is 65.7 Å². The highest BCUT2D eigenvalue weighted by Gasteiger charge is 2.30. The number of carbonyl (C=O) groups excluding carboxylic acids is 1. The zero-order chi connectivity index (χ0) is 17.6. The zero-order valence-electron chi connectivity index (χ0n) is 12.7. The van der Waals surface area contributed by atoms with Gasteiger partial charge in [0.2, 0.25) is 5.91 Å². The number of alkyl halides is 3. The lowest BCUT2D eigenvalue weighted by atomic mass is 10.1. The SMILES string of the molecule is O=C(CNc1ccccc1)NCC(O)c1cccc(C(F)(F)F)c1. The summed E-state index contributed by atoms with van der Waals surface area (Å²) in [6.45, 7) is -0.171. The monoisotopic (exact) mass is 338 g/mol. The Morgan fingerprint density at radius 2 is 1.79 bits per heavy atom. The molecular weight excluding hydrogens is 321 g/mol. The average Bonchev–Trinajstić information content (AvgIpc) is 2.58. The number of para-hydroxylation sites is 1. The quantitative estimate of drug-likeness (QED) is 0.759. The molecule has 2 aromatic rings. The fourth-order valence-corrected chi connectivity index (χ4v) is 2.05. The van der Waals surface area contributed by atoms with Crippen molar-refractivity contribution in [2.24, 2.45) is 0 Å². The summed E-state index contributed by atoms with van der Waals surface area (Å²) in [7, 11) is 0. The zero-order valence-corrected chi connectivity index (χ0v) is 12.7. The van der Waals surface area contributed by atoms with E-state index in [4.69, 9.17) is 0 Å². The molecule has 24 heavy (non-hydrogen) atoms. The lowest BCUT2D eigenvalue weighted by Crippen LogP contribution is -2.33. The maximum atomic E-state index is 12.6. The first-order chi connectivity index (χ1) is 11.4. The Bertz CT molecular complexity index is 675. The van der Waals surface area contributed by atoms with Crippen LogP contribution in [0.4, 0.5) is 18.9 Å². The maximum Gasteiger partial charge on any atom is 0.416 e. The Hall–Kier alpha value is -2.54. The van der Waals surface area contributed by atoms with Gasteiger partial charge < -0.3 is 15.7 Å². The average molecular weight is 338 g/mol. The molecule has 0 heterocycles. The van der Waals surface area contributed by atoms with Gasteiger partial charge in [0.1, 0.15) is 0 Å². The summed E-state index contributed by atoms with van der Waals surface area (Å²) in [6, 6.07) is 13.5. The Balaban J connectivity index is 1.84. The second-order valence-electron chi connectivity index (χ2n) is 5.16. The predicted molar refractivity (Wildman–Crippen MR) is 84.3 cm³/mol. The van der Waals surface area contributed by atoms with E-state index in [2.05, 4.69) is 10.6 Å². The minimum Gasteiger partial charge on any atom is -0.387 e. The number of aliphatic hydroxyl groups excluding tert-OH is 1. The molecule has 0 aliphatic carbocycles. The van der Waals surface area contributed by atoms with Crippen molar-refractivity contribution >= 4 is 11.6 Å². The minimum absolute atomic E-state index is 0.000671. The lowest BCUT2D eigenvalue weighted by molar-refractivity contribution is -0.137. The normalized spacial score (nSPS) is 12.5. The van der Waals surface area contributed by atoms with Gasteiger partial charge in [0.05, 0.1) is 18.2 Å². The molecule has 0 saturated carbocycles. The third-order valence-electron chi connectivity index (χ3n) is 3.32. The molecule has 0 aromatic heterocycles. The first-order valence-electron chi connectivity index (χ1n) is 7.27. The van der Waals surface area contributed by atoms with Crippen LogP contribution in [0.15, 0.2) is 54.6 Å². The maximum absolute atomic E-state index is 12.6. The Kier molecular flexibility index (Phi) is 5.81. The summed E-state index contributed by atoms with van der Waals surface area (Å²) in [5, 5.41) is 15.3. The van der Waals surface area contributed by atoms with E-state index in [1.165, 1.54) is 12.1 Å². The van der Waals surface area contributed by atoms with Gasteiger partial charge in [-0.3, -0.25) is 4.79 Å². The first kappa shape index (κ1) is 17.8. The van der Waals surface area contributed by atoms with Gasteiger partial charge in [-0.1, -0.05) is 30.3 Å². The number of hydrogen-bond donors (Lipinski definition) is 3. The van der Waals surface area contributed by atoms with E-state index >= 15 is 0 Å². The highest BCUT2D eigenvalue weighted by molar-refractivity contribution is 5.80. The van der Waals surface area contributed by atoms with E-state index in [-0.39, 0.29) is 24.6 Å². The summed E-state index contributed by atoms with van der Waals surface area (Å²) >= 11 is 0. The predicted octanol–water partition coefficient (Wildman–Crippen LogP) is 2.97. The van der Waals surface area contributed by atoms with Gasteiger partial charge in [0, 0.05) is 12.2 Å². The molecule has 2 aromatic carbocycles. The van der Waals surface area contributed by atoms with Crippen molar-refractivity contribution in [1.82, 2.24) is 5.32 Å². The number of carbonyl (C=O) groups is 1. The number of anilines is 1. The molecule has 0 saturated heterocycles. The lowest BCUT2D eigenvalue weighted by Gasteiger charge is -2.15. The summed E-state index contributed by atoms with van der Waals surface area (Å²) in [5.41, 5.74) is 0.0309. The van der Waals surface area contributed by atoms with Crippen LogP contribution in [0.1, 0.15) is 17.2 Å². The summed E-state index contributed by atoms with van der Waals surface area (Å²) in [6.07, 6.45) is -5.69. The molecule has 0 fully saturated rings. The van der Waals surface area contributed by atoms with Crippen molar-refractivity contribution in [2.45, 2.75) is 12.3 Å². The van der Waals surface area contributed by atoms with Crippen molar-refractivity contribution < 1.29 is 23.1 Å².